The molecule has 2 atom stereocenters. The van der Waals surface area contributed by atoms with Gasteiger partial charge in [0.2, 0.25) is 0 Å². The number of benzene rings is 2. The number of para-hydroxylation sites is 1. The predicted molar refractivity (Wildman–Crippen MR) is 101 cm³/mol. The number of nitrogens with one attached hydrogen (secondary N) is 2. The Balaban J connectivity index is 1.86. The molecule has 0 aliphatic heterocycles. The molecule has 0 aliphatic rings. The van der Waals surface area contributed by atoms with E-state index < -0.39 is 0 Å². The van der Waals surface area contributed by atoms with Gasteiger partial charge in [-0.25, -0.2) is 4.98 Å². The molecule has 0 saturated carbocycles. The zero-order chi connectivity index (χ0) is 17.1. The standard InChI is InChI=1S/C19H20BrN3O/c1-3-16(13-8-10-14(20)11-9-13)21-12(2)18-22-17-7-5-4-6-15(17)19(24)23-18/h4-12,16,21H,3H2,1-2H3,(H,22,23,24)/t12-,16+/m1/s1. The van der Waals surface area contributed by atoms with Crippen LogP contribution in [0.2, 0.25) is 0 Å². The number of hydrogen-bond donors (Lipinski definition) is 2. The summed E-state index contributed by atoms with van der Waals surface area (Å²) in [6.45, 7) is 4.16. The molecule has 0 radical (unpaired) electrons. The lowest BCUT2D eigenvalue weighted by atomic mass is 10.0. The average Bonchev–Trinajstić information content (AvgIpc) is 2.60. The molecule has 0 unspecified atom stereocenters. The Hall–Kier alpha value is -1.98. The Kier molecular flexibility index (Phi) is 5.11. The number of H-pyrrole nitrogens is 1. The summed E-state index contributed by atoms with van der Waals surface area (Å²) >= 11 is 3.46. The van der Waals surface area contributed by atoms with Crippen LogP contribution in [-0.2, 0) is 0 Å². The highest BCUT2D eigenvalue weighted by molar-refractivity contribution is 9.10. The molecule has 0 fully saturated rings. The Morgan fingerprint density at radius 1 is 1.17 bits per heavy atom. The van der Waals surface area contributed by atoms with Gasteiger partial charge in [0.05, 0.1) is 16.9 Å². The van der Waals surface area contributed by atoms with Gasteiger partial charge in [-0.3, -0.25) is 4.79 Å². The van der Waals surface area contributed by atoms with Gasteiger partial charge < -0.3 is 10.3 Å². The van der Waals surface area contributed by atoms with Gasteiger partial charge >= 0.3 is 0 Å². The maximum absolute atomic E-state index is 12.2. The Labute approximate surface area is 149 Å². The van der Waals surface area contributed by atoms with Crippen molar-refractivity contribution in [1.29, 1.82) is 0 Å². The smallest absolute Gasteiger partial charge is 0.258 e. The van der Waals surface area contributed by atoms with E-state index in [4.69, 9.17) is 0 Å². The van der Waals surface area contributed by atoms with Crippen molar-refractivity contribution >= 4 is 26.8 Å². The summed E-state index contributed by atoms with van der Waals surface area (Å²) in [5.74, 6) is 0.661. The van der Waals surface area contributed by atoms with E-state index >= 15 is 0 Å². The maximum atomic E-state index is 12.2. The monoisotopic (exact) mass is 385 g/mol. The van der Waals surface area contributed by atoms with E-state index in [1.807, 2.05) is 37.3 Å². The van der Waals surface area contributed by atoms with Crippen LogP contribution in [0.25, 0.3) is 10.9 Å². The molecule has 0 saturated heterocycles. The van der Waals surface area contributed by atoms with Gasteiger partial charge in [0.1, 0.15) is 5.82 Å². The van der Waals surface area contributed by atoms with Gasteiger partial charge in [-0.2, -0.15) is 0 Å². The first-order chi connectivity index (χ1) is 11.6. The number of fused-ring (bicyclic) bond motifs is 1. The van der Waals surface area contributed by atoms with E-state index in [2.05, 4.69) is 50.3 Å². The second-order valence-corrected chi connectivity index (χ2v) is 6.78. The fraction of sp³-hybridized carbons (Fsp3) is 0.263. The molecule has 4 nitrogen and oxygen atoms in total. The molecule has 0 bridgehead atoms. The Morgan fingerprint density at radius 3 is 2.58 bits per heavy atom. The summed E-state index contributed by atoms with van der Waals surface area (Å²) in [6.07, 6.45) is 0.948. The molecule has 1 heterocycles. The summed E-state index contributed by atoms with van der Waals surface area (Å²) in [7, 11) is 0. The van der Waals surface area contributed by atoms with Crippen LogP contribution in [0.1, 0.15) is 43.7 Å². The Morgan fingerprint density at radius 2 is 1.88 bits per heavy atom. The molecular formula is C19H20BrN3O. The minimum Gasteiger partial charge on any atom is -0.309 e. The highest BCUT2D eigenvalue weighted by atomic mass is 79.9. The third-order valence-electron chi connectivity index (χ3n) is 4.17. The van der Waals surface area contributed by atoms with Crippen LogP contribution in [0, 0.1) is 0 Å². The molecular weight excluding hydrogens is 366 g/mol. The van der Waals surface area contributed by atoms with Gasteiger partial charge in [0, 0.05) is 10.5 Å². The highest BCUT2D eigenvalue weighted by Crippen LogP contribution is 2.22. The molecule has 3 rings (SSSR count). The number of aromatic amines is 1. The number of hydrogen-bond acceptors (Lipinski definition) is 3. The van der Waals surface area contributed by atoms with E-state index in [1.54, 1.807) is 6.07 Å². The number of halogens is 1. The Bertz CT molecular complexity index is 889. The first-order valence-electron chi connectivity index (χ1n) is 8.09. The summed E-state index contributed by atoms with van der Waals surface area (Å²) in [6, 6.07) is 15.8. The van der Waals surface area contributed by atoms with Crippen molar-refractivity contribution in [1.82, 2.24) is 15.3 Å². The number of nitrogens with zero attached hydrogens (tertiary/aromatic N) is 1. The van der Waals surface area contributed by atoms with E-state index in [0.29, 0.717) is 11.2 Å². The van der Waals surface area contributed by atoms with Crippen LogP contribution in [0.5, 0.6) is 0 Å². The van der Waals surface area contributed by atoms with Crippen molar-refractivity contribution in [3.8, 4) is 0 Å². The summed E-state index contributed by atoms with van der Waals surface area (Å²) in [5.41, 5.74) is 1.85. The van der Waals surface area contributed by atoms with Crippen molar-refractivity contribution in [3.63, 3.8) is 0 Å². The minimum absolute atomic E-state index is 0.0593. The fourth-order valence-corrected chi connectivity index (χ4v) is 3.10. The molecule has 24 heavy (non-hydrogen) atoms. The van der Waals surface area contributed by atoms with E-state index in [-0.39, 0.29) is 17.6 Å². The molecule has 0 spiro atoms. The van der Waals surface area contributed by atoms with Crippen molar-refractivity contribution in [3.05, 3.63) is 74.7 Å². The molecule has 1 aromatic heterocycles. The zero-order valence-corrected chi connectivity index (χ0v) is 15.3. The molecule has 2 aromatic carbocycles. The van der Waals surface area contributed by atoms with Gasteiger partial charge in [-0.1, -0.05) is 47.1 Å². The molecule has 3 aromatic rings. The van der Waals surface area contributed by atoms with E-state index in [9.17, 15) is 4.79 Å². The van der Waals surface area contributed by atoms with Gasteiger partial charge in [-0.15, -0.1) is 0 Å². The largest absolute Gasteiger partial charge is 0.309 e. The topological polar surface area (TPSA) is 57.8 Å². The van der Waals surface area contributed by atoms with Gasteiger partial charge in [-0.05, 0) is 43.2 Å². The molecule has 124 valence electrons. The van der Waals surface area contributed by atoms with E-state index in [1.165, 1.54) is 5.56 Å². The van der Waals surface area contributed by atoms with Gasteiger partial charge in [0.25, 0.3) is 5.56 Å². The second kappa shape index (κ2) is 7.28. The third kappa shape index (κ3) is 3.57. The molecule has 2 N–H and O–H groups in total. The van der Waals surface area contributed by atoms with Crippen molar-refractivity contribution in [2.75, 3.05) is 0 Å². The van der Waals surface area contributed by atoms with Crippen LogP contribution in [-0.4, -0.2) is 9.97 Å². The first-order valence-corrected chi connectivity index (χ1v) is 8.88. The second-order valence-electron chi connectivity index (χ2n) is 5.87. The van der Waals surface area contributed by atoms with Crippen LogP contribution in [0.4, 0.5) is 0 Å². The normalized spacial score (nSPS) is 13.8. The highest BCUT2D eigenvalue weighted by Gasteiger charge is 2.16. The lowest BCUT2D eigenvalue weighted by Gasteiger charge is -2.22. The quantitative estimate of drug-likeness (QED) is 0.680. The summed E-state index contributed by atoms with van der Waals surface area (Å²) < 4.78 is 1.06. The van der Waals surface area contributed by atoms with Crippen molar-refractivity contribution in [2.45, 2.75) is 32.4 Å². The maximum Gasteiger partial charge on any atom is 0.258 e. The SMILES string of the molecule is CC[C@H](N[C@H](C)c1nc2ccccc2c(=O)[nH]1)c1ccc(Br)cc1. The van der Waals surface area contributed by atoms with Crippen LogP contribution in [0.3, 0.4) is 0 Å². The van der Waals surface area contributed by atoms with Crippen molar-refractivity contribution in [2.24, 2.45) is 0 Å². The number of aromatic nitrogens is 2. The summed E-state index contributed by atoms with van der Waals surface area (Å²) in [5, 5.41) is 4.18. The van der Waals surface area contributed by atoms with Crippen LogP contribution < -0.4 is 10.9 Å². The lowest BCUT2D eigenvalue weighted by molar-refractivity contribution is 0.443. The average molecular weight is 386 g/mol. The zero-order valence-electron chi connectivity index (χ0n) is 13.7. The lowest BCUT2D eigenvalue weighted by Crippen LogP contribution is -2.27. The fourth-order valence-electron chi connectivity index (χ4n) is 2.84. The minimum atomic E-state index is -0.0964. The third-order valence-corrected chi connectivity index (χ3v) is 4.70. The van der Waals surface area contributed by atoms with E-state index in [0.717, 1.165) is 16.4 Å². The molecule has 0 amide bonds. The predicted octanol–water partition coefficient (Wildman–Crippen LogP) is 4.49. The molecule has 5 heteroatoms. The summed E-state index contributed by atoms with van der Waals surface area (Å²) in [4.78, 5) is 19.7. The number of rotatable bonds is 5. The molecule has 0 aliphatic carbocycles. The first kappa shape index (κ1) is 16.9. The van der Waals surface area contributed by atoms with Crippen LogP contribution >= 0.6 is 15.9 Å². The van der Waals surface area contributed by atoms with Crippen LogP contribution in [0.15, 0.2) is 57.8 Å². The van der Waals surface area contributed by atoms with Gasteiger partial charge in [0.15, 0.2) is 0 Å². The van der Waals surface area contributed by atoms with Crippen molar-refractivity contribution < 1.29 is 0 Å².